The minimum absolute atomic E-state index is 0.0737. The molecule has 2 aliphatic heterocycles. The fourth-order valence-electron chi connectivity index (χ4n) is 2.78. The van der Waals surface area contributed by atoms with E-state index in [-0.39, 0.29) is 36.5 Å². The van der Waals surface area contributed by atoms with Gasteiger partial charge in [0.2, 0.25) is 15.9 Å². The number of carboxylic acid groups (broad SMARTS) is 1. The predicted molar refractivity (Wildman–Crippen MR) is 66.9 cm³/mol. The zero-order chi connectivity index (χ0) is 14.0. The highest BCUT2D eigenvalue weighted by molar-refractivity contribution is 7.89. The Labute approximate surface area is 112 Å². The highest BCUT2D eigenvalue weighted by Crippen LogP contribution is 2.29. The van der Waals surface area contributed by atoms with Crippen molar-refractivity contribution < 1.29 is 23.1 Å². The molecule has 0 aliphatic carbocycles. The number of amides is 1. The van der Waals surface area contributed by atoms with Gasteiger partial charge in [-0.15, -0.1) is 0 Å². The van der Waals surface area contributed by atoms with Crippen molar-refractivity contribution in [1.82, 2.24) is 9.62 Å². The predicted octanol–water partition coefficient (Wildman–Crippen LogP) is -0.609. The van der Waals surface area contributed by atoms with Crippen molar-refractivity contribution in [3.05, 3.63) is 0 Å². The molecule has 0 aromatic heterocycles. The molecule has 2 heterocycles. The molecule has 0 saturated carbocycles. The molecule has 2 rings (SSSR count). The molecule has 2 saturated heterocycles. The second-order valence-corrected chi connectivity index (χ2v) is 7.03. The summed E-state index contributed by atoms with van der Waals surface area (Å²) in [6.45, 7) is 0.785. The largest absolute Gasteiger partial charge is 0.481 e. The van der Waals surface area contributed by atoms with E-state index in [9.17, 15) is 18.0 Å². The van der Waals surface area contributed by atoms with Gasteiger partial charge in [-0.25, -0.2) is 8.42 Å². The van der Waals surface area contributed by atoms with Crippen LogP contribution in [0.3, 0.4) is 0 Å². The number of carboxylic acids is 1. The first kappa shape index (κ1) is 14.3. The Kier molecular flexibility index (Phi) is 4.10. The Morgan fingerprint density at radius 2 is 2.21 bits per heavy atom. The van der Waals surface area contributed by atoms with E-state index in [0.29, 0.717) is 19.5 Å². The minimum atomic E-state index is -3.48. The summed E-state index contributed by atoms with van der Waals surface area (Å²) in [5.41, 5.74) is 0. The van der Waals surface area contributed by atoms with Gasteiger partial charge in [0.05, 0.1) is 17.7 Å². The molecule has 2 atom stereocenters. The summed E-state index contributed by atoms with van der Waals surface area (Å²) in [6, 6.07) is -0.295. The van der Waals surface area contributed by atoms with Crippen LogP contribution in [0.5, 0.6) is 0 Å². The van der Waals surface area contributed by atoms with Gasteiger partial charge in [-0.1, -0.05) is 0 Å². The SMILES string of the molecule is O=C(O)CCCS(=O)(=O)N1CCCC2C(=O)NCC21. The van der Waals surface area contributed by atoms with Gasteiger partial charge in [0.15, 0.2) is 0 Å². The van der Waals surface area contributed by atoms with Crippen molar-refractivity contribution in [2.75, 3.05) is 18.8 Å². The first-order valence-corrected chi connectivity index (χ1v) is 8.02. The van der Waals surface area contributed by atoms with E-state index in [1.165, 1.54) is 4.31 Å². The number of piperidine rings is 1. The van der Waals surface area contributed by atoms with E-state index < -0.39 is 16.0 Å². The first-order valence-electron chi connectivity index (χ1n) is 6.41. The molecule has 2 N–H and O–H groups in total. The van der Waals surface area contributed by atoms with Crippen LogP contribution >= 0.6 is 0 Å². The minimum Gasteiger partial charge on any atom is -0.481 e. The van der Waals surface area contributed by atoms with E-state index in [2.05, 4.69) is 5.32 Å². The number of carbonyl (C=O) groups excluding carboxylic acids is 1. The van der Waals surface area contributed by atoms with Crippen LogP contribution < -0.4 is 5.32 Å². The molecule has 0 aromatic rings. The van der Waals surface area contributed by atoms with Crippen LogP contribution in [0.4, 0.5) is 0 Å². The van der Waals surface area contributed by atoms with Gasteiger partial charge >= 0.3 is 5.97 Å². The second-order valence-electron chi connectivity index (χ2n) is 4.99. The molecule has 0 aromatic carbocycles. The normalized spacial score (nSPS) is 27.9. The van der Waals surface area contributed by atoms with Gasteiger partial charge in [-0.2, -0.15) is 4.31 Å². The highest BCUT2D eigenvalue weighted by atomic mass is 32.2. The van der Waals surface area contributed by atoms with Gasteiger partial charge in [0, 0.05) is 19.5 Å². The van der Waals surface area contributed by atoms with Gasteiger partial charge < -0.3 is 10.4 Å². The summed E-state index contributed by atoms with van der Waals surface area (Å²) in [6.07, 6.45) is 1.34. The van der Waals surface area contributed by atoms with Crippen LogP contribution in [0.2, 0.25) is 0 Å². The Morgan fingerprint density at radius 3 is 2.89 bits per heavy atom. The average molecular weight is 290 g/mol. The van der Waals surface area contributed by atoms with Crippen molar-refractivity contribution in [3.63, 3.8) is 0 Å². The lowest BCUT2D eigenvalue weighted by Gasteiger charge is -2.34. The number of nitrogens with zero attached hydrogens (tertiary/aromatic N) is 1. The average Bonchev–Trinajstić information content (AvgIpc) is 2.70. The molecule has 2 fully saturated rings. The third kappa shape index (κ3) is 3.06. The van der Waals surface area contributed by atoms with Crippen molar-refractivity contribution in [2.24, 2.45) is 5.92 Å². The summed E-state index contributed by atoms with van der Waals surface area (Å²) < 4.78 is 25.8. The third-order valence-electron chi connectivity index (χ3n) is 3.70. The van der Waals surface area contributed by atoms with Crippen molar-refractivity contribution in [2.45, 2.75) is 31.7 Å². The number of rotatable bonds is 5. The van der Waals surface area contributed by atoms with Gasteiger partial charge in [-0.05, 0) is 19.3 Å². The summed E-state index contributed by atoms with van der Waals surface area (Å²) in [4.78, 5) is 22.0. The number of nitrogens with one attached hydrogen (secondary N) is 1. The van der Waals surface area contributed by atoms with E-state index in [1.54, 1.807) is 0 Å². The lowest BCUT2D eigenvalue weighted by atomic mass is 9.93. The quantitative estimate of drug-likeness (QED) is 0.703. The Balaban J connectivity index is 2.03. The molecule has 19 heavy (non-hydrogen) atoms. The van der Waals surface area contributed by atoms with E-state index >= 15 is 0 Å². The third-order valence-corrected chi connectivity index (χ3v) is 5.67. The first-order chi connectivity index (χ1) is 8.92. The van der Waals surface area contributed by atoms with Gasteiger partial charge in [0.1, 0.15) is 0 Å². The molecule has 0 spiro atoms. The van der Waals surface area contributed by atoms with Crippen LogP contribution in [0.1, 0.15) is 25.7 Å². The molecule has 0 radical (unpaired) electrons. The Morgan fingerprint density at radius 1 is 1.47 bits per heavy atom. The number of carbonyl (C=O) groups is 2. The standard InChI is InChI=1S/C11H18N2O5S/c14-10(15)4-2-6-19(17,18)13-5-1-3-8-9(13)7-12-11(8)16/h8-9H,1-7H2,(H,12,16)(H,14,15). The number of hydrogen-bond donors (Lipinski definition) is 2. The van der Waals surface area contributed by atoms with E-state index in [1.807, 2.05) is 0 Å². The molecule has 0 bridgehead atoms. The van der Waals surface area contributed by atoms with Gasteiger partial charge in [-0.3, -0.25) is 9.59 Å². The second kappa shape index (κ2) is 5.46. The number of fused-ring (bicyclic) bond motifs is 1. The topological polar surface area (TPSA) is 104 Å². The smallest absolute Gasteiger partial charge is 0.303 e. The van der Waals surface area contributed by atoms with Crippen LogP contribution in [0.15, 0.2) is 0 Å². The number of sulfonamides is 1. The maximum absolute atomic E-state index is 12.2. The fourth-order valence-corrected chi connectivity index (χ4v) is 4.57. The zero-order valence-corrected chi connectivity index (χ0v) is 11.4. The maximum Gasteiger partial charge on any atom is 0.303 e. The van der Waals surface area contributed by atoms with Crippen molar-refractivity contribution in [1.29, 1.82) is 0 Å². The van der Waals surface area contributed by atoms with E-state index in [0.717, 1.165) is 6.42 Å². The molecular weight excluding hydrogens is 272 g/mol. The van der Waals surface area contributed by atoms with Crippen LogP contribution in [0, 0.1) is 5.92 Å². The van der Waals surface area contributed by atoms with Crippen LogP contribution in [-0.2, 0) is 19.6 Å². The molecular formula is C11H18N2O5S. The summed E-state index contributed by atoms with van der Waals surface area (Å²) in [5, 5.41) is 11.2. The zero-order valence-electron chi connectivity index (χ0n) is 10.5. The number of hydrogen-bond acceptors (Lipinski definition) is 4. The highest BCUT2D eigenvalue weighted by Gasteiger charge is 2.44. The fraction of sp³-hybridized carbons (Fsp3) is 0.818. The van der Waals surface area contributed by atoms with Crippen molar-refractivity contribution >= 4 is 21.9 Å². The number of aliphatic carboxylic acids is 1. The van der Waals surface area contributed by atoms with Crippen molar-refractivity contribution in [3.8, 4) is 0 Å². The summed E-state index contributed by atoms with van der Waals surface area (Å²) >= 11 is 0. The molecule has 108 valence electrons. The molecule has 2 unspecified atom stereocenters. The monoisotopic (exact) mass is 290 g/mol. The molecule has 8 heteroatoms. The lowest BCUT2D eigenvalue weighted by molar-refractivity contribution is -0.137. The summed E-state index contributed by atoms with van der Waals surface area (Å²) in [7, 11) is -3.48. The Hall–Kier alpha value is -1.15. The maximum atomic E-state index is 12.2. The molecule has 1 amide bonds. The van der Waals surface area contributed by atoms with Crippen LogP contribution in [0.25, 0.3) is 0 Å². The Bertz CT molecular complexity index is 475. The lowest BCUT2D eigenvalue weighted by Crippen LogP contribution is -2.49. The van der Waals surface area contributed by atoms with Crippen LogP contribution in [-0.4, -0.2) is 54.6 Å². The summed E-state index contributed by atoms with van der Waals surface area (Å²) in [5.74, 6) is -1.49. The molecule has 7 nitrogen and oxygen atoms in total. The van der Waals surface area contributed by atoms with E-state index in [4.69, 9.17) is 5.11 Å². The van der Waals surface area contributed by atoms with Gasteiger partial charge in [0.25, 0.3) is 0 Å². The molecule has 2 aliphatic rings.